The number of hydrogen-bond donors (Lipinski definition) is 2. The Morgan fingerprint density at radius 3 is 2.46 bits per heavy atom. The summed E-state index contributed by atoms with van der Waals surface area (Å²) in [5.74, 6) is -2.22. The van der Waals surface area contributed by atoms with E-state index in [0.29, 0.717) is 9.69 Å². The first kappa shape index (κ1) is 16.7. The molecule has 1 fully saturated rings. The molecule has 3 N–H and O–H groups in total. The van der Waals surface area contributed by atoms with Gasteiger partial charge >= 0.3 is 5.97 Å². The van der Waals surface area contributed by atoms with Crippen LogP contribution in [0.15, 0.2) is 47.4 Å². The number of amides is 1. The minimum atomic E-state index is -4.19. The summed E-state index contributed by atoms with van der Waals surface area (Å²) in [4.78, 5) is 22.9. The van der Waals surface area contributed by atoms with Gasteiger partial charge in [0.05, 0.1) is 4.90 Å². The lowest BCUT2D eigenvalue weighted by Gasteiger charge is -2.24. The Hall–Kier alpha value is -2.10. The minimum absolute atomic E-state index is 0.0320. The lowest BCUT2D eigenvalue weighted by atomic mass is 10.1. The van der Waals surface area contributed by atoms with E-state index in [2.05, 4.69) is 0 Å². The molecule has 0 bridgehead atoms. The van der Waals surface area contributed by atoms with Crippen LogP contribution in [0.5, 0.6) is 0 Å². The maximum absolute atomic E-state index is 12.9. The van der Waals surface area contributed by atoms with E-state index < -0.39 is 33.3 Å². The van der Waals surface area contributed by atoms with Crippen molar-refractivity contribution in [2.24, 2.45) is 5.73 Å². The Bertz CT molecular complexity index is 906. The maximum Gasteiger partial charge on any atom is 0.322 e. The number of carboxylic acid groups (broad SMARTS) is 1. The van der Waals surface area contributed by atoms with Crippen molar-refractivity contribution in [2.75, 3.05) is 5.75 Å². The summed E-state index contributed by atoms with van der Waals surface area (Å²) in [6, 6.07) is 10.4. The molecule has 126 valence electrons. The maximum atomic E-state index is 12.9. The molecule has 7 nitrogen and oxygen atoms in total. The van der Waals surface area contributed by atoms with Crippen LogP contribution in [-0.2, 0) is 19.6 Å². The third-order valence-electron chi connectivity index (χ3n) is 3.78. The van der Waals surface area contributed by atoms with Crippen molar-refractivity contribution in [3.63, 3.8) is 0 Å². The van der Waals surface area contributed by atoms with Crippen LogP contribution in [0, 0.1) is 0 Å². The fraction of sp³-hybridized carbons (Fsp3) is 0.200. The zero-order chi connectivity index (χ0) is 17.5. The van der Waals surface area contributed by atoms with Crippen LogP contribution >= 0.6 is 11.8 Å². The largest absolute Gasteiger partial charge is 0.480 e. The van der Waals surface area contributed by atoms with Crippen LogP contribution < -0.4 is 5.73 Å². The number of hydrogen-bond acceptors (Lipinski definition) is 5. The Kier molecular flexibility index (Phi) is 4.24. The molecule has 0 aliphatic carbocycles. The van der Waals surface area contributed by atoms with E-state index in [1.165, 1.54) is 12.1 Å². The van der Waals surface area contributed by atoms with Crippen LogP contribution in [0.25, 0.3) is 10.8 Å². The van der Waals surface area contributed by atoms with Gasteiger partial charge in [-0.05, 0) is 22.9 Å². The van der Waals surface area contributed by atoms with E-state index in [4.69, 9.17) is 5.73 Å². The van der Waals surface area contributed by atoms with Crippen molar-refractivity contribution in [2.45, 2.75) is 16.3 Å². The Balaban J connectivity index is 2.11. The fourth-order valence-corrected chi connectivity index (χ4v) is 5.98. The zero-order valence-electron chi connectivity index (χ0n) is 12.3. The van der Waals surface area contributed by atoms with Crippen LogP contribution in [0.3, 0.4) is 0 Å². The molecule has 2 aromatic carbocycles. The molecule has 9 heteroatoms. The Morgan fingerprint density at radius 2 is 1.83 bits per heavy atom. The topological polar surface area (TPSA) is 118 Å². The molecule has 1 aliphatic heterocycles. The predicted octanol–water partition coefficient (Wildman–Crippen LogP) is 0.842. The minimum Gasteiger partial charge on any atom is -0.480 e. The molecule has 1 heterocycles. The number of carbonyl (C=O) groups excluding carboxylic acids is 1. The third-order valence-corrected chi connectivity index (χ3v) is 7.06. The highest BCUT2D eigenvalue weighted by molar-refractivity contribution is 8.02. The number of rotatable bonds is 4. The van der Waals surface area contributed by atoms with Crippen molar-refractivity contribution in [1.29, 1.82) is 0 Å². The number of thioether (sulfide) groups is 1. The van der Waals surface area contributed by atoms with Crippen molar-refractivity contribution < 1.29 is 23.1 Å². The average molecular weight is 366 g/mol. The monoisotopic (exact) mass is 366 g/mol. The summed E-state index contributed by atoms with van der Waals surface area (Å²) in [5.41, 5.74) is 5.26. The highest BCUT2D eigenvalue weighted by Crippen LogP contribution is 2.35. The first-order valence-electron chi connectivity index (χ1n) is 6.98. The van der Waals surface area contributed by atoms with Gasteiger partial charge in [-0.3, -0.25) is 9.59 Å². The van der Waals surface area contributed by atoms with Gasteiger partial charge in [-0.2, -0.15) is 4.31 Å². The summed E-state index contributed by atoms with van der Waals surface area (Å²) in [6.45, 7) is 0. The Labute approximate surface area is 142 Å². The van der Waals surface area contributed by atoms with E-state index in [9.17, 15) is 23.1 Å². The lowest BCUT2D eigenvalue weighted by Crippen LogP contribution is -2.49. The first-order chi connectivity index (χ1) is 11.3. The average Bonchev–Trinajstić information content (AvgIpc) is 3.00. The molecular formula is C15H14N2O5S2. The first-order valence-corrected chi connectivity index (χ1v) is 9.47. The van der Waals surface area contributed by atoms with Crippen LogP contribution in [-0.4, -0.2) is 46.9 Å². The van der Waals surface area contributed by atoms with Gasteiger partial charge in [0, 0.05) is 5.75 Å². The summed E-state index contributed by atoms with van der Waals surface area (Å²) in [5, 5.41) is 9.62. The molecule has 0 spiro atoms. The number of benzene rings is 2. The number of primary amides is 1. The molecule has 0 saturated carbocycles. The number of fused-ring (bicyclic) bond motifs is 1. The number of nitrogens with two attached hydrogens (primary N) is 1. The molecule has 2 atom stereocenters. The van der Waals surface area contributed by atoms with Crippen LogP contribution in [0.1, 0.15) is 0 Å². The molecule has 2 aromatic rings. The number of aliphatic carboxylic acids is 1. The van der Waals surface area contributed by atoms with Crippen molar-refractivity contribution in [1.82, 2.24) is 4.31 Å². The number of sulfonamides is 1. The van der Waals surface area contributed by atoms with Gasteiger partial charge in [-0.25, -0.2) is 8.42 Å². The normalized spacial score (nSPS) is 21.8. The van der Waals surface area contributed by atoms with E-state index in [1.807, 2.05) is 12.1 Å². The van der Waals surface area contributed by atoms with Crippen molar-refractivity contribution in [3.05, 3.63) is 42.5 Å². The van der Waals surface area contributed by atoms with E-state index in [-0.39, 0.29) is 10.6 Å². The Morgan fingerprint density at radius 1 is 1.17 bits per heavy atom. The summed E-state index contributed by atoms with van der Waals surface area (Å²) < 4.78 is 26.6. The second kappa shape index (κ2) is 6.08. The second-order valence-electron chi connectivity index (χ2n) is 5.29. The predicted molar refractivity (Wildman–Crippen MR) is 89.8 cm³/mol. The van der Waals surface area contributed by atoms with Gasteiger partial charge in [0.25, 0.3) is 0 Å². The zero-order valence-corrected chi connectivity index (χ0v) is 14.0. The molecule has 3 rings (SSSR count). The number of nitrogens with zero attached hydrogens (tertiary/aromatic N) is 1. The molecule has 0 radical (unpaired) electrons. The highest BCUT2D eigenvalue weighted by Gasteiger charge is 2.48. The van der Waals surface area contributed by atoms with E-state index in [1.54, 1.807) is 18.2 Å². The van der Waals surface area contributed by atoms with Gasteiger partial charge in [0.1, 0.15) is 6.04 Å². The van der Waals surface area contributed by atoms with Crippen LogP contribution in [0.4, 0.5) is 0 Å². The number of carbonyl (C=O) groups is 2. The molecule has 1 aliphatic rings. The molecule has 1 amide bonds. The van der Waals surface area contributed by atoms with Gasteiger partial charge in [-0.15, -0.1) is 11.8 Å². The SMILES string of the molecule is NC(=O)C1SCC(C(=O)O)N1S(=O)(=O)c1ccc2ccccc2c1. The smallest absolute Gasteiger partial charge is 0.322 e. The van der Waals surface area contributed by atoms with Gasteiger partial charge in [0.15, 0.2) is 5.37 Å². The summed E-state index contributed by atoms with van der Waals surface area (Å²) in [6.07, 6.45) is 0. The molecule has 0 aromatic heterocycles. The highest BCUT2D eigenvalue weighted by atomic mass is 32.2. The fourth-order valence-electron chi connectivity index (χ4n) is 2.62. The van der Waals surface area contributed by atoms with E-state index in [0.717, 1.165) is 17.1 Å². The molecule has 24 heavy (non-hydrogen) atoms. The van der Waals surface area contributed by atoms with Gasteiger partial charge in [0.2, 0.25) is 15.9 Å². The molecular weight excluding hydrogens is 352 g/mol. The quantitative estimate of drug-likeness (QED) is 0.828. The summed E-state index contributed by atoms with van der Waals surface area (Å²) >= 11 is 0.912. The second-order valence-corrected chi connectivity index (χ2v) is 8.24. The lowest BCUT2D eigenvalue weighted by molar-refractivity contribution is -0.140. The summed E-state index contributed by atoms with van der Waals surface area (Å²) in [7, 11) is -4.19. The van der Waals surface area contributed by atoms with Crippen molar-refractivity contribution >= 4 is 44.4 Å². The number of carboxylic acids is 1. The van der Waals surface area contributed by atoms with Crippen molar-refractivity contribution in [3.8, 4) is 0 Å². The standard InChI is InChI=1S/C15H14N2O5S2/c16-13(18)14-17(12(8-23-14)15(19)20)24(21,22)11-6-5-9-3-1-2-4-10(9)7-11/h1-7,12,14H,8H2,(H2,16,18)(H,19,20). The van der Waals surface area contributed by atoms with Gasteiger partial charge < -0.3 is 10.8 Å². The van der Waals surface area contributed by atoms with Gasteiger partial charge in [-0.1, -0.05) is 30.3 Å². The van der Waals surface area contributed by atoms with E-state index >= 15 is 0 Å². The molecule has 1 saturated heterocycles. The molecule has 2 unspecified atom stereocenters. The third kappa shape index (κ3) is 2.74. The van der Waals surface area contributed by atoms with Crippen LogP contribution in [0.2, 0.25) is 0 Å².